The number of carbonyl (C=O) groups excluding carboxylic acids is 1. The number of likely N-dealkylation sites (N-methyl/N-ethyl adjacent to an activating group) is 2. The van der Waals surface area contributed by atoms with E-state index in [1.54, 1.807) is 48.5 Å². The third-order valence-corrected chi connectivity index (χ3v) is 11.9. The molecule has 3 fully saturated rings. The van der Waals surface area contributed by atoms with Gasteiger partial charge in [-0.2, -0.15) is 0 Å². The van der Waals surface area contributed by atoms with Gasteiger partial charge in [0.1, 0.15) is 30.0 Å². The van der Waals surface area contributed by atoms with Gasteiger partial charge in [-0.25, -0.2) is 0 Å². The summed E-state index contributed by atoms with van der Waals surface area (Å²) in [5.41, 5.74) is -4.91. The Bertz CT molecular complexity index is 1230. The molecule has 0 radical (unpaired) electrons. The van der Waals surface area contributed by atoms with Crippen LogP contribution in [0.1, 0.15) is 97.7 Å². The molecule has 14 nitrogen and oxygen atoms in total. The number of carbonyl (C=O) groups is 1. The molecule has 3 aliphatic heterocycles. The summed E-state index contributed by atoms with van der Waals surface area (Å²) in [4.78, 5) is 17.4. The van der Waals surface area contributed by atoms with Crippen molar-refractivity contribution >= 4 is 5.97 Å². The number of hydrogen-bond donors (Lipinski definition) is 5. The summed E-state index contributed by atoms with van der Waals surface area (Å²) in [7, 11) is 6.66. The van der Waals surface area contributed by atoms with E-state index >= 15 is 0 Å². The number of ether oxygens (including phenoxy) is 6. The van der Waals surface area contributed by atoms with Gasteiger partial charge in [-0.15, -0.1) is 0 Å². The Hall–Kier alpha value is -1.01. The van der Waals surface area contributed by atoms with Gasteiger partial charge in [0.2, 0.25) is 0 Å². The molecule has 5 N–H and O–H groups in total. The van der Waals surface area contributed by atoms with Crippen LogP contribution in [0.25, 0.3) is 0 Å². The maximum atomic E-state index is 14.2. The van der Waals surface area contributed by atoms with Gasteiger partial charge in [0.15, 0.2) is 12.6 Å². The number of nitrogens with zero attached hydrogens (tertiary/aromatic N) is 2. The van der Waals surface area contributed by atoms with Crippen LogP contribution in [0.3, 0.4) is 0 Å². The fraction of sp³-hybridized carbons (Fsp3) is 0.974. The van der Waals surface area contributed by atoms with E-state index in [1.165, 1.54) is 32.9 Å². The van der Waals surface area contributed by atoms with Gasteiger partial charge in [0.25, 0.3) is 0 Å². The number of aliphatic hydroxyl groups excluding tert-OH is 3. The maximum Gasteiger partial charge on any atom is 0.311 e. The number of esters is 1. The van der Waals surface area contributed by atoms with E-state index in [1.807, 2.05) is 25.9 Å². The average molecular weight is 751 g/mol. The number of aliphatic hydroxyl groups is 5. The molecule has 18 atom stereocenters. The fourth-order valence-corrected chi connectivity index (χ4v) is 8.41. The molecule has 0 spiro atoms. The van der Waals surface area contributed by atoms with E-state index in [2.05, 4.69) is 0 Å². The maximum absolute atomic E-state index is 14.2. The van der Waals surface area contributed by atoms with Gasteiger partial charge in [-0.3, -0.25) is 4.79 Å². The molecule has 0 aromatic rings. The minimum absolute atomic E-state index is 0.0777. The van der Waals surface area contributed by atoms with Crippen LogP contribution in [0, 0.1) is 17.8 Å². The van der Waals surface area contributed by atoms with Gasteiger partial charge in [-0.05, 0) is 94.8 Å². The van der Waals surface area contributed by atoms with Crippen molar-refractivity contribution in [3.8, 4) is 0 Å². The summed E-state index contributed by atoms with van der Waals surface area (Å²) < 4.78 is 55.8. The summed E-state index contributed by atoms with van der Waals surface area (Å²) in [6.45, 7) is 14.3. The highest BCUT2D eigenvalue weighted by Gasteiger charge is 2.52. The second kappa shape index (κ2) is 17.8. The number of rotatable bonds is 7. The SMILES string of the molecule is [2H]C1([2H])[C@H](C)C[C@@](C)(O)[C@H](OC2OC(C)CC(N(C)C)C2O)[C@@H](C)[C@H](OC2CC(C)(OC)C(O)C(C)O2)[C@@H](C)C(=O)O[C@H](CC)[C@@](C)(O)[C@H](O)[C@@H](C)N1C. The number of hydrogen-bond acceptors (Lipinski definition) is 14. The lowest BCUT2D eigenvalue weighted by Gasteiger charge is -2.48. The van der Waals surface area contributed by atoms with Crippen molar-refractivity contribution in [2.75, 3.05) is 34.7 Å². The van der Waals surface area contributed by atoms with Crippen molar-refractivity contribution in [1.29, 1.82) is 0 Å². The second-order valence-corrected chi connectivity index (χ2v) is 16.8. The third kappa shape index (κ3) is 10.0. The zero-order valence-electron chi connectivity index (χ0n) is 36.0. The first-order valence-electron chi connectivity index (χ1n) is 19.9. The second-order valence-electron chi connectivity index (χ2n) is 16.8. The Kier molecular flexibility index (Phi) is 14.5. The summed E-state index contributed by atoms with van der Waals surface area (Å²) in [5.74, 6) is -3.64. The molecule has 8 unspecified atom stereocenters. The van der Waals surface area contributed by atoms with E-state index in [9.17, 15) is 33.1 Å². The van der Waals surface area contributed by atoms with E-state index in [0.717, 1.165) is 0 Å². The highest BCUT2D eigenvalue weighted by atomic mass is 16.7. The first-order valence-corrected chi connectivity index (χ1v) is 18.9. The topological polar surface area (TPSA) is 180 Å². The van der Waals surface area contributed by atoms with Gasteiger partial charge in [0.05, 0.1) is 41.5 Å². The Morgan fingerprint density at radius 3 is 2.15 bits per heavy atom. The van der Waals surface area contributed by atoms with E-state index in [0.29, 0.717) is 6.42 Å². The molecular formula is C38H72N2O12. The van der Waals surface area contributed by atoms with Crippen molar-refractivity contribution in [2.45, 2.75) is 185 Å². The quantitative estimate of drug-likeness (QED) is 0.238. The molecule has 14 heteroatoms. The van der Waals surface area contributed by atoms with Crippen LogP contribution in [0.4, 0.5) is 0 Å². The number of methoxy groups -OCH3 is 1. The van der Waals surface area contributed by atoms with Crippen LogP contribution in [0.5, 0.6) is 0 Å². The Morgan fingerprint density at radius 1 is 0.981 bits per heavy atom. The summed E-state index contributed by atoms with van der Waals surface area (Å²) in [6, 6.07) is -1.31. The van der Waals surface area contributed by atoms with Crippen LogP contribution >= 0.6 is 0 Å². The summed E-state index contributed by atoms with van der Waals surface area (Å²) >= 11 is 0. The normalized spacial score (nSPS) is 51.2. The lowest BCUT2D eigenvalue weighted by atomic mass is 9.77. The van der Waals surface area contributed by atoms with Gasteiger partial charge >= 0.3 is 5.97 Å². The fourth-order valence-electron chi connectivity index (χ4n) is 8.41. The Balaban J connectivity index is 2.24. The van der Waals surface area contributed by atoms with Crippen LogP contribution in [0.15, 0.2) is 0 Å². The standard InChI is InChI=1S/C38H72N2O12/c1-15-27-38(10,46)31(42)24(6)40(13)19-20(2)17-36(8,45)33(52-35-29(41)26(39(11)12)16-21(3)48-35)22(4)30(23(5)34(44)50-27)51-28-18-37(9,47-14)32(43)25(7)49-28/h20-33,35,41-43,45-46H,15-19H2,1-14H3/t20-,21?,22+,23-,24-,25?,26?,27-,28?,29?,30+,31-,32?,33-,35?,36-,37?,38-/m1/s1/i19D2. The molecule has 0 amide bonds. The van der Waals surface area contributed by atoms with Crippen LogP contribution in [-0.2, 0) is 33.2 Å². The van der Waals surface area contributed by atoms with E-state index in [4.69, 9.17) is 28.4 Å². The minimum Gasteiger partial charge on any atom is -0.459 e. The van der Waals surface area contributed by atoms with Gasteiger partial charge in [0, 0.05) is 40.8 Å². The molecular weight excluding hydrogens is 676 g/mol. The third-order valence-electron chi connectivity index (χ3n) is 11.9. The highest BCUT2D eigenvalue weighted by molar-refractivity contribution is 5.73. The van der Waals surface area contributed by atoms with Crippen LogP contribution in [0.2, 0.25) is 0 Å². The molecule has 52 heavy (non-hydrogen) atoms. The minimum atomic E-state index is -2.14. The first-order chi connectivity index (χ1) is 24.7. The Morgan fingerprint density at radius 2 is 1.60 bits per heavy atom. The van der Waals surface area contributed by atoms with Crippen molar-refractivity contribution in [3.63, 3.8) is 0 Å². The molecule has 3 heterocycles. The zero-order valence-corrected chi connectivity index (χ0v) is 34.0. The largest absolute Gasteiger partial charge is 0.459 e. The predicted octanol–water partition coefficient (Wildman–Crippen LogP) is 1.90. The van der Waals surface area contributed by atoms with Gasteiger partial charge < -0.3 is 63.8 Å². The molecule has 0 aliphatic carbocycles. The molecule has 3 rings (SSSR count). The molecule has 3 aliphatic rings. The molecule has 0 aromatic carbocycles. The van der Waals surface area contributed by atoms with Gasteiger partial charge in [-0.1, -0.05) is 20.8 Å². The summed E-state index contributed by atoms with van der Waals surface area (Å²) in [6.07, 6.45) is -9.97. The number of cyclic esters (lactones) is 1. The lowest BCUT2D eigenvalue weighted by molar-refractivity contribution is -0.318. The molecule has 306 valence electrons. The van der Waals surface area contributed by atoms with E-state index in [-0.39, 0.29) is 31.4 Å². The summed E-state index contributed by atoms with van der Waals surface area (Å²) in [5, 5.41) is 58.4. The average Bonchev–Trinajstić information content (AvgIpc) is 3.09. The van der Waals surface area contributed by atoms with E-state index < -0.39 is 108 Å². The molecule has 3 saturated heterocycles. The van der Waals surface area contributed by atoms with Crippen molar-refractivity contribution in [2.24, 2.45) is 17.8 Å². The van der Waals surface area contributed by atoms with Crippen LogP contribution in [-0.4, -0.2) is 166 Å². The predicted molar refractivity (Wildman–Crippen MR) is 194 cm³/mol. The molecule has 0 bridgehead atoms. The van der Waals surface area contributed by atoms with Crippen LogP contribution < -0.4 is 0 Å². The molecule has 0 saturated carbocycles. The lowest BCUT2D eigenvalue weighted by Crippen LogP contribution is -2.60. The van der Waals surface area contributed by atoms with Crippen molar-refractivity contribution < 1.29 is 61.5 Å². The molecule has 0 aromatic heterocycles. The Labute approximate surface area is 314 Å². The zero-order chi connectivity index (χ0) is 41.5. The van der Waals surface area contributed by atoms with Crippen molar-refractivity contribution in [1.82, 2.24) is 9.80 Å². The monoisotopic (exact) mass is 751 g/mol. The smallest absolute Gasteiger partial charge is 0.311 e. The first kappa shape index (κ1) is 42.1. The highest BCUT2D eigenvalue weighted by Crippen LogP contribution is 2.40. The van der Waals surface area contributed by atoms with Crippen molar-refractivity contribution in [3.05, 3.63) is 0 Å².